The molecule has 1 fully saturated rings. The molecule has 2 rings (SSSR count). The van der Waals surface area contributed by atoms with Crippen molar-refractivity contribution in [3.63, 3.8) is 0 Å². The van der Waals surface area contributed by atoms with Gasteiger partial charge in [0, 0.05) is 13.1 Å². The zero-order chi connectivity index (χ0) is 13.2. The summed E-state index contributed by atoms with van der Waals surface area (Å²) in [7, 11) is -3.35. The Labute approximate surface area is 108 Å². The van der Waals surface area contributed by atoms with Crippen molar-refractivity contribution in [1.82, 2.24) is 4.90 Å². The summed E-state index contributed by atoms with van der Waals surface area (Å²) in [6, 6.07) is 6.48. The first-order chi connectivity index (χ1) is 8.56. The van der Waals surface area contributed by atoms with Gasteiger partial charge in [0.15, 0.2) is 9.84 Å². The van der Waals surface area contributed by atoms with Crippen LogP contribution in [0, 0.1) is 0 Å². The Morgan fingerprint density at radius 2 is 1.83 bits per heavy atom. The van der Waals surface area contributed by atoms with Crippen molar-refractivity contribution in [2.24, 2.45) is 0 Å². The number of hydrogen-bond acceptors (Lipinski definition) is 3. The first-order valence-corrected chi connectivity index (χ1v) is 7.82. The highest BCUT2D eigenvalue weighted by Crippen LogP contribution is 2.20. The maximum atomic E-state index is 12.3. The van der Waals surface area contributed by atoms with Crippen molar-refractivity contribution in [2.75, 3.05) is 18.8 Å². The maximum Gasteiger partial charge on any atom is 0.255 e. The molecule has 5 heteroatoms. The number of carbonyl (C=O) groups excluding carboxylic acids is 1. The number of sulfone groups is 1. The molecule has 1 saturated heterocycles. The molecule has 1 aliphatic rings. The molecule has 98 valence electrons. The number of likely N-dealkylation sites (tertiary alicyclic amines) is 1. The summed E-state index contributed by atoms with van der Waals surface area (Å²) in [5.41, 5.74) is 0.307. The van der Waals surface area contributed by atoms with Gasteiger partial charge < -0.3 is 4.90 Å². The molecule has 1 aliphatic heterocycles. The van der Waals surface area contributed by atoms with Crippen molar-refractivity contribution in [1.29, 1.82) is 0 Å². The third-order valence-corrected chi connectivity index (χ3v) is 5.01. The molecule has 0 unspecified atom stereocenters. The van der Waals surface area contributed by atoms with E-state index in [0.717, 1.165) is 25.9 Å². The highest BCUT2D eigenvalue weighted by Gasteiger charge is 2.25. The molecule has 1 aromatic carbocycles. The molecule has 0 N–H and O–H groups in total. The molecule has 0 aromatic heterocycles. The third kappa shape index (κ3) is 2.41. The Hall–Kier alpha value is -1.36. The highest BCUT2D eigenvalue weighted by atomic mass is 32.2. The van der Waals surface area contributed by atoms with E-state index < -0.39 is 9.84 Å². The summed E-state index contributed by atoms with van der Waals surface area (Å²) >= 11 is 0. The van der Waals surface area contributed by atoms with Crippen LogP contribution in [0.5, 0.6) is 0 Å². The van der Waals surface area contributed by atoms with Crippen LogP contribution in [0.1, 0.15) is 30.1 Å². The molecule has 1 aromatic rings. The topological polar surface area (TPSA) is 54.5 Å². The molecule has 4 nitrogen and oxygen atoms in total. The SMILES string of the molecule is CCS(=O)(=O)c1ccccc1C(=O)N1CCCC1. The van der Waals surface area contributed by atoms with Crippen molar-refractivity contribution in [2.45, 2.75) is 24.7 Å². The van der Waals surface area contributed by atoms with Crippen LogP contribution in [0.15, 0.2) is 29.2 Å². The Bertz CT molecular complexity index is 545. The van der Waals surface area contributed by atoms with Gasteiger partial charge in [0.25, 0.3) is 5.91 Å². The lowest BCUT2D eigenvalue weighted by molar-refractivity contribution is 0.0789. The van der Waals surface area contributed by atoms with Crippen molar-refractivity contribution in [3.8, 4) is 0 Å². The van der Waals surface area contributed by atoms with Crippen LogP contribution in [-0.4, -0.2) is 38.1 Å². The second-order valence-electron chi connectivity index (χ2n) is 4.40. The fraction of sp³-hybridized carbons (Fsp3) is 0.462. The number of benzene rings is 1. The van der Waals surface area contributed by atoms with Gasteiger partial charge in [-0.1, -0.05) is 19.1 Å². The second-order valence-corrected chi connectivity index (χ2v) is 6.65. The van der Waals surface area contributed by atoms with E-state index in [-0.39, 0.29) is 16.6 Å². The summed E-state index contributed by atoms with van der Waals surface area (Å²) in [5.74, 6) is -0.155. The maximum absolute atomic E-state index is 12.3. The van der Waals surface area contributed by atoms with E-state index in [1.165, 1.54) is 6.07 Å². The molecular weight excluding hydrogens is 250 g/mol. The average Bonchev–Trinajstić information content (AvgIpc) is 2.92. The fourth-order valence-electron chi connectivity index (χ4n) is 2.16. The number of hydrogen-bond donors (Lipinski definition) is 0. The van der Waals surface area contributed by atoms with E-state index >= 15 is 0 Å². The number of nitrogens with zero attached hydrogens (tertiary/aromatic N) is 1. The molecule has 18 heavy (non-hydrogen) atoms. The molecule has 1 heterocycles. The van der Waals surface area contributed by atoms with Gasteiger partial charge in [-0.3, -0.25) is 4.79 Å². The highest BCUT2D eigenvalue weighted by molar-refractivity contribution is 7.91. The number of amides is 1. The summed E-state index contributed by atoms with van der Waals surface area (Å²) < 4.78 is 23.9. The van der Waals surface area contributed by atoms with Crippen LogP contribution in [-0.2, 0) is 9.84 Å². The fourth-order valence-corrected chi connectivity index (χ4v) is 3.25. The molecule has 0 spiro atoms. The predicted octanol–water partition coefficient (Wildman–Crippen LogP) is 1.72. The smallest absolute Gasteiger partial charge is 0.255 e. The van der Waals surface area contributed by atoms with Gasteiger partial charge in [0.1, 0.15) is 0 Å². The van der Waals surface area contributed by atoms with E-state index in [4.69, 9.17) is 0 Å². The van der Waals surface area contributed by atoms with Crippen LogP contribution < -0.4 is 0 Å². The summed E-state index contributed by atoms with van der Waals surface area (Å²) in [6.07, 6.45) is 1.99. The van der Waals surface area contributed by atoms with Crippen LogP contribution in [0.2, 0.25) is 0 Å². The van der Waals surface area contributed by atoms with Crippen molar-refractivity contribution in [3.05, 3.63) is 29.8 Å². The summed E-state index contributed by atoms with van der Waals surface area (Å²) in [6.45, 7) is 3.03. The average molecular weight is 267 g/mol. The van der Waals surface area contributed by atoms with E-state index in [9.17, 15) is 13.2 Å². The number of carbonyl (C=O) groups is 1. The molecule has 0 bridgehead atoms. The van der Waals surface area contributed by atoms with Gasteiger partial charge in [0.05, 0.1) is 16.2 Å². The Balaban J connectivity index is 2.42. The minimum atomic E-state index is -3.35. The third-order valence-electron chi connectivity index (χ3n) is 3.23. The van der Waals surface area contributed by atoms with Crippen LogP contribution >= 0.6 is 0 Å². The standard InChI is InChI=1S/C13H17NO3S/c1-2-18(16,17)12-8-4-3-7-11(12)13(15)14-9-5-6-10-14/h3-4,7-8H,2,5-6,9-10H2,1H3. The van der Waals surface area contributed by atoms with E-state index in [1.54, 1.807) is 30.0 Å². The van der Waals surface area contributed by atoms with E-state index in [2.05, 4.69) is 0 Å². The van der Waals surface area contributed by atoms with Gasteiger partial charge in [-0.2, -0.15) is 0 Å². The van der Waals surface area contributed by atoms with Gasteiger partial charge in [-0.05, 0) is 25.0 Å². The Morgan fingerprint density at radius 1 is 1.22 bits per heavy atom. The minimum Gasteiger partial charge on any atom is -0.339 e. The van der Waals surface area contributed by atoms with Gasteiger partial charge >= 0.3 is 0 Å². The lowest BCUT2D eigenvalue weighted by Gasteiger charge is -2.17. The zero-order valence-electron chi connectivity index (χ0n) is 10.4. The lowest BCUT2D eigenvalue weighted by Crippen LogP contribution is -2.29. The zero-order valence-corrected chi connectivity index (χ0v) is 11.2. The monoisotopic (exact) mass is 267 g/mol. The number of rotatable bonds is 3. The quantitative estimate of drug-likeness (QED) is 0.838. The molecule has 0 atom stereocenters. The van der Waals surface area contributed by atoms with Crippen molar-refractivity contribution >= 4 is 15.7 Å². The molecule has 0 saturated carbocycles. The van der Waals surface area contributed by atoms with Crippen molar-refractivity contribution < 1.29 is 13.2 Å². The minimum absolute atomic E-state index is 0.0112. The molecule has 1 amide bonds. The molecular formula is C13H17NO3S. The first kappa shape index (κ1) is 13.1. The van der Waals surface area contributed by atoms with Crippen LogP contribution in [0.4, 0.5) is 0 Å². The van der Waals surface area contributed by atoms with Crippen LogP contribution in [0.3, 0.4) is 0 Å². The lowest BCUT2D eigenvalue weighted by atomic mass is 10.2. The summed E-state index contributed by atoms with van der Waals surface area (Å²) in [4.78, 5) is 14.2. The largest absolute Gasteiger partial charge is 0.339 e. The normalized spacial score (nSPS) is 15.9. The van der Waals surface area contributed by atoms with Gasteiger partial charge in [-0.15, -0.1) is 0 Å². The predicted molar refractivity (Wildman–Crippen MR) is 69.3 cm³/mol. The second kappa shape index (κ2) is 5.10. The van der Waals surface area contributed by atoms with E-state index in [0.29, 0.717) is 5.56 Å². The molecule has 0 aliphatic carbocycles. The van der Waals surface area contributed by atoms with E-state index in [1.807, 2.05) is 0 Å². The van der Waals surface area contributed by atoms with Crippen LogP contribution in [0.25, 0.3) is 0 Å². The Kier molecular flexibility index (Phi) is 3.71. The summed E-state index contributed by atoms with van der Waals surface area (Å²) in [5, 5.41) is 0. The Morgan fingerprint density at radius 3 is 2.44 bits per heavy atom. The first-order valence-electron chi connectivity index (χ1n) is 6.17. The van der Waals surface area contributed by atoms with Gasteiger partial charge in [-0.25, -0.2) is 8.42 Å². The van der Waals surface area contributed by atoms with Gasteiger partial charge in [0.2, 0.25) is 0 Å². The molecule has 0 radical (unpaired) electrons.